The Morgan fingerprint density at radius 3 is 2.19 bits per heavy atom. The van der Waals surface area contributed by atoms with Crippen molar-refractivity contribution in [3.05, 3.63) is 102 Å². The van der Waals surface area contributed by atoms with Crippen LogP contribution in [0.15, 0.2) is 85.1 Å². The number of para-hydroxylation sites is 2. The van der Waals surface area contributed by atoms with Gasteiger partial charge in [-0.05, 0) is 75.8 Å². The Morgan fingerprint density at radius 1 is 0.807 bits per heavy atom. The maximum absolute atomic E-state index is 14.1. The Bertz CT molecular complexity index is 2010. The number of rotatable bonds is 18. The van der Waals surface area contributed by atoms with Gasteiger partial charge < -0.3 is 46.9 Å². The summed E-state index contributed by atoms with van der Waals surface area (Å²) in [5.74, 6) is -2.57. The summed E-state index contributed by atoms with van der Waals surface area (Å²) in [5, 5.41) is 14.6. The first-order valence-electron chi connectivity index (χ1n) is 18.9. The molecule has 3 atom stereocenters. The lowest BCUT2D eigenvalue weighted by atomic mass is 10.0. The lowest BCUT2D eigenvalue weighted by Gasteiger charge is -2.28. The van der Waals surface area contributed by atoms with Crippen molar-refractivity contribution in [1.29, 1.82) is 0 Å². The van der Waals surface area contributed by atoms with Gasteiger partial charge in [0.15, 0.2) is 0 Å². The van der Waals surface area contributed by atoms with E-state index in [2.05, 4.69) is 31.6 Å². The van der Waals surface area contributed by atoms with E-state index in [0.717, 1.165) is 32.5 Å². The molecule has 1 heterocycles. The summed E-state index contributed by atoms with van der Waals surface area (Å²) in [6, 6.07) is 20.3. The summed E-state index contributed by atoms with van der Waals surface area (Å²) in [5.41, 5.74) is 8.74. The number of urea groups is 1. The first-order valence-corrected chi connectivity index (χ1v) is 18.9. The zero-order valence-corrected chi connectivity index (χ0v) is 33.1. The highest BCUT2D eigenvalue weighted by Gasteiger charge is 2.31. The number of alkyl carbamates (subject to hydrolysis) is 1. The van der Waals surface area contributed by atoms with Crippen LogP contribution in [-0.2, 0) is 36.8 Å². The van der Waals surface area contributed by atoms with Crippen molar-refractivity contribution in [1.82, 2.24) is 31.2 Å². The van der Waals surface area contributed by atoms with Crippen LogP contribution < -0.4 is 32.3 Å². The number of likely N-dealkylation sites (N-methyl/N-ethyl adjacent to an activating group) is 1. The minimum atomic E-state index is -1.15. The van der Waals surface area contributed by atoms with Gasteiger partial charge in [-0.1, -0.05) is 66.7 Å². The quantitative estimate of drug-likeness (QED) is 0.0734. The number of H-pyrrole nitrogens is 1. The second kappa shape index (κ2) is 20.5. The molecule has 7 amide bonds. The molecule has 2 unspecified atom stereocenters. The summed E-state index contributed by atoms with van der Waals surface area (Å²) in [6.07, 6.45) is 2.18. The highest BCUT2D eigenvalue weighted by molar-refractivity contribution is 5.94. The largest absolute Gasteiger partial charge is 0.444 e. The fraction of sp³-hybridized carbons (Fsp3) is 0.381. The van der Waals surface area contributed by atoms with E-state index in [1.54, 1.807) is 57.3 Å². The summed E-state index contributed by atoms with van der Waals surface area (Å²) in [4.78, 5) is 83.3. The molecule has 0 aliphatic rings. The van der Waals surface area contributed by atoms with E-state index in [4.69, 9.17) is 10.5 Å². The molecule has 8 N–H and O–H groups in total. The van der Waals surface area contributed by atoms with Gasteiger partial charge in [-0.25, -0.2) is 9.59 Å². The van der Waals surface area contributed by atoms with Crippen LogP contribution >= 0.6 is 0 Å². The van der Waals surface area contributed by atoms with E-state index >= 15 is 0 Å². The number of carbonyl (C=O) groups excluding carboxylic acids is 6. The second-order valence-corrected chi connectivity index (χ2v) is 14.9. The summed E-state index contributed by atoms with van der Waals surface area (Å²) >= 11 is 0. The zero-order chi connectivity index (χ0) is 41.5. The first-order chi connectivity index (χ1) is 27.1. The van der Waals surface area contributed by atoms with E-state index in [1.165, 1.54) is 7.05 Å². The molecule has 304 valence electrons. The van der Waals surface area contributed by atoms with Gasteiger partial charge in [0.25, 0.3) is 0 Å². The van der Waals surface area contributed by atoms with Gasteiger partial charge in [-0.15, -0.1) is 0 Å². The van der Waals surface area contributed by atoms with E-state index in [-0.39, 0.29) is 31.8 Å². The van der Waals surface area contributed by atoms with Crippen molar-refractivity contribution >= 4 is 52.3 Å². The molecule has 0 radical (unpaired) electrons. The molecule has 0 saturated carbocycles. The van der Waals surface area contributed by atoms with Crippen LogP contribution in [0.25, 0.3) is 10.9 Å². The van der Waals surface area contributed by atoms with Crippen molar-refractivity contribution in [3.8, 4) is 0 Å². The Morgan fingerprint density at radius 2 is 1.49 bits per heavy atom. The molecule has 0 bridgehead atoms. The number of nitrogens with one attached hydrogen (secondary N) is 6. The smallest absolute Gasteiger partial charge is 0.408 e. The number of nitrogens with two attached hydrogens (primary N) is 1. The van der Waals surface area contributed by atoms with Crippen LogP contribution in [0.3, 0.4) is 0 Å². The van der Waals surface area contributed by atoms with Crippen LogP contribution in [0.4, 0.5) is 15.3 Å². The van der Waals surface area contributed by atoms with Crippen molar-refractivity contribution in [2.45, 2.75) is 83.5 Å². The predicted molar refractivity (Wildman–Crippen MR) is 218 cm³/mol. The van der Waals surface area contributed by atoms with Gasteiger partial charge in [0.05, 0.1) is 6.54 Å². The minimum Gasteiger partial charge on any atom is -0.444 e. The zero-order valence-electron chi connectivity index (χ0n) is 33.1. The maximum atomic E-state index is 14.1. The average Bonchev–Trinajstić information content (AvgIpc) is 3.56. The van der Waals surface area contributed by atoms with Crippen LogP contribution in [-0.4, -0.2) is 89.5 Å². The molecule has 3 aromatic carbocycles. The second-order valence-electron chi connectivity index (χ2n) is 14.9. The van der Waals surface area contributed by atoms with Crippen LogP contribution in [0.5, 0.6) is 0 Å². The molecule has 4 rings (SSSR count). The molecular weight excluding hydrogens is 729 g/mol. The number of hydrogen-bond acceptors (Lipinski definition) is 7. The summed E-state index contributed by atoms with van der Waals surface area (Å²) in [7, 11) is 1.41. The first kappa shape index (κ1) is 43.3. The van der Waals surface area contributed by atoms with Crippen LogP contribution in [0.2, 0.25) is 0 Å². The predicted octanol–water partition coefficient (Wildman–Crippen LogP) is 4.06. The Hall–Kier alpha value is -6.38. The van der Waals surface area contributed by atoms with Crippen molar-refractivity contribution in [2.75, 3.05) is 25.5 Å². The monoisotopic (exact) mass is 782 g/mol. The summed E-state index contributed by atoms with van der Waals surface area (Å²) < 4.78 is 5.47. The molecule has 4 aromatic rings. The normalized spacial score (nSPS) is 12.7. The number of hydrogen-bond donors (Lipinski definition) is 7. The molecule has 15 nitrogen and oxygen atoms in total. The average molecular weight is 783 g/mol. The number of ether oxygens (including phenoxy) is 1. The third kappa shape index (κ3) is 14.0. The number of primary amides is 1. The highest BCUT2D eigenvalue weighted by atomic mass is 16.6. The SMILES string of the molecule is Cc1ccccc1NC(=O)NCCCC[C@H](NC(=O)C(Cc1c[nH]c2ccccc12)NC(=O)OC(C)(C)C)C(=O)N(C)CC(=O)NC(Cc1ccccc1)C(N)=O. The van der Waals surface area contributed by atoms with E-state index in [9.17, 15) is 28.8 Å². The standard InChI is InChI=1S/C42H54N8O7/c1-27-15-9-11-19-31(27)48-40(55)44-22-14-13-21-33(39(54)50(5)26-36(51)46-34(37(43)52)23-28-16-7-6-8-17-28)47-38(53)35(49-41(56)57-42(2,3)4)24-29-25-45-32-20-12-10-18-30(29)32/h6-12,15-20,25,33-35,45H,13-14,21-24,26H2,1-5H3,(H2,43,52)(H,46,51)(H,47,53)(H,49,56)(H2,44,48,55)/t33-,34?,35?/m0/s1. The van der Waals surface area contributed by atoms with E-state index in [1.807, 2.05) is 55.5 Å². The number of aromatic nitrogens is 1. The Balaban J connectivity index is 1.47. The number of unbranched alkanes of at least 4 members (excludes halogenated alkanes) is 1. The molecule has 0 fully saturated rings. The minimum absolute atomic E-state index is 0.0735. The van der Waals surface area contributed by atoms with Crippen LogP contribution in [0.1, 0.15) is 56.7 Å². The van der Waals surface area contributed by atoms with Crippen molar-refractivity contribution < 1.29 is 33.5 Å². The lowest BCUT2D eigenvalue weighted by molar-refractivity contribution is -0.139. The number of anilines is 1. The van der Waals surface area contributed by atoms with Crippen molar-refractivity contribution in [3.63, 3.8) is 0 Å². The number of aryl methyl sites for hydroxylation is 1. The number of carbonyl (C=O) groups is 6. The van der Waals surface area contributed by atoms with Gasteiger partial charge in [-0.2, -0.15) is 0 Å². The van der Waals surface area contributed by atoms with Gasteiger partial charge in [0, 0.05) is 49.2 Å². The van der Waals surface area contributed by atoms with Gasteiger partial charge in [0.1, 0.15) is 23.7 Å². The van der Waals surface area contributed by atoms with Gasteiger partial charge in [0.2, 0.25) is 23.6 Å². The molecule has 0 aliphatic carbocycles. The fourth-order valence-corrected chi connectivity index (χ4v) is 6.14. The van der Waals surface area contributed by atoms with Crippen molar-refractivity contribution in [2.24, 2.45) is 5.73 Å². The molecule has 0 saturated heterocycles. The molecule has 0 spiro atoms. The number of aromatic amines is 1. The van der Waals surface area contributed by atoms with Crippen LogP contribution in [0, 0.1) is 6.92 Å². The molecule has 57 heavy (non-hydrogen) atoms. The van der Waals surface area contributed by atoms with Gasteiger partial charge >= 0.3 is 12.1 Å². The van der Waals surface area contributed by atoms with E-state index < -0.39 is 60.0 Å². The molecule has 0 aliphatic heterocycles. The maximum Gasteiger partial charge on any atom is 0.408 e. The fourth-order valence-electron chi connectivity index (χ4n) is 6.14. The summed E-state index contributed by atoms with van der Waals surface area (Å²) in [6.45, 7) is 6.85. The third-order valence-electron chi connectivity index (χ3n) is 9.04. The topological polar surface area (TPSA) is 217 Å². The Labute approximate surface area is 332 Å². The number of amides is 7. The Kier molecular flexibility index (Phi) is 15.6. The third-order valence-corrected chi connectivity index (χ3v) is 9.04. The van der Waals surface area contributed by atoms with Gasteiger partial charge in [-0.3, -0.25) is 19.2 Å². The van der Waals surface area contributed by atoms with E-state index in [0.29, 0.717) is 18.5 Å². The number of fused-ring (bicyclic) bond motifs is 1. The number of nitrogens with zero attached hydrogens (tertiary/aromatic N) is 1. The molecule has 1 aromatic heterocycles. The lowest BCUT2D eigenvalue weighted by Crippen LogP contribution is -2.56. The molecular formula is C42H54N8O7. The highest BCUT2D eigenvalue weighted by Crippen LogP contribution is 2.20. The number of benzene rings is 3. The molecule has 15 heteroatoms.